The van der Waals surface area contributed by atoms with Crippen molar-refractivity contribution in [2.45, 2.75) is 6.54 Å². The molecule has 0 radical (unpaired) electrons. The van der Waals surface area contributed by atoms with Crippen LogP contribution in [-0.4, -0.2) is 59.9 Å². The van der Waals surface area contributed by atoms with Gasteiger partial charge in [0.15, 0.2) is 18.0 Å². The Hall–Kier alpha value is -2.57. The third-order valence-electron chi connectivity index (χ3n) is 5.49. The van der Waals surface area contributed by atoms with Gasteiger partial charge in [0, 0.05) is 18.3 Å². The quantitative estimate of drug-likeness (QED) is 0.685. The molecule has 1 saturated heterocycles. The van der Waals surface area contributed by atoms with Crippen LogP contribution in [0.3, 0.4) is 0 Å². The van der Waals surface area contributed by atoms with Crippen molar-refractivity contribution in [2.24, 2.45) is 0 Å². The van der Waals surface area contributed by atoms with Crippen LogP contribution in [0.1, 0.15) is 5.56 Å². The molecule has 0 atom stereocenters. The Bertz CT molecular complexity index is 774. The molecule has 0 saturated carbocycles. The van der Waals surface area contributed by atoms with Crippen LogP contribution in [0.25, 0.3) is 0 Å². The Labute approximate surface area is 167 Å². The molecule has 1 fully saturated rings. The normalized spacial score (nSPS) is 19.1. The maximum absolute atomic E-state index is 12.6. The molecule has 6 nitrogen and oxygen atoms in total. The summed E-state index contributed by atoms with van der Waals surface area (Å²) in [5, 5.41) is 0. The minimum Gasteiger partial charge on any atom is -0.493 e. The van der Waals surface area contributed by atoms with Crippen LogP contribution >= 0.6 is 0 Å². The predicted molar refractivity (Wildman–Crippen MR) is 109 cm³/mol. The highest BCUT2D eigenvalue weighted by molar-refractivity contribution is 5.93. The standard InChI is InChI=1S/C22H29N3O3/c1-23(19-7-5-4-6-8-19)22(26)17-25-13-11-24(12-14-25)16-18-9-10-20(27-2)21(15-18)28-3/h4-10,15H,11-14,16-17H2,1-3H3/p+2. The number of carbonyl (C=O) groups excluding carboxylic acids is 1. The van der Waals surface area contributed by atoms with E-state index in [0.717, 1.165) is 49.9 Å². The van der Waals surface area contributed by atoms with Crippen LogP contribution in [0.2, 0.25) is 0 Å². The summed E-state index contributed by atoms with van der Waals surface area (Å²) in [6.07, 6.45) is 0. The Kier molecular flexibility index (Phi) is 6.90. The molecule has 150 valence electrons. The van der Waals surface area contributed by atoms with Gasteiger partial charge in [-0.3, -0.25) is 4.79 Å². The first-order chi connectivity index (χ1) is 13.6. The summed E-state index contributed by atoms with van der Waals surface area (Å²) in [7, 11) is 5.18. The number of carbonyl (C=O) groups is 1. The summed E-state index contributed by atoms with van der Waals surface area (Å²) in [4.78, 5) is 17.3. The van der Waals surface area contributed by atoms with E-state index in [1.807, 2.05) is 43.4 Å². The smallest absolute Gasteiger partial charge is 0.281 e. The monoisotopic (exact) mass is 385 g/mol. The molecule has 1 aliphatic rings. The van der Waals surface area contributed by atoms with E-state index >= 15 is 0 Å². The fourth-order valence-corrected chi connectivity index (χ4v) is 3.72. The van der Waals surface area contributed by atoms with Crippen molar-refractivity contribution in [3.63, 3.8) is 0 Å². The minimum atomic E-state index is 0.171. The van der Waals surface area contributed by atoms with Gasteiger partial charge in [0.1, 0.15) is 32.7 Å². The predicted octanol–water partition coefficient (Wildman–Crippen LogP) is -0.350. The number of anilines is 1. The number of likely N-dealkylation sites (N-methyl/N-ethyl adjacent to an activating group) is 1. The molecule has 1 amide bonds. The SMILES string of the molecule is COc1ccc(C[NH+]2CC[NH+](CC(=O)N(C)c3ccccc3)CC2)cc1OC. The number of methoxy groups -OCH3 is 2. The number of para-hydroxylation sites is 1. The number of hydrogen-bond acceptors (Lipinski definition) is 3. The number of amides is 1. The Balaban J connectivity index is 1.49. The van der Waals surface area contributed by atoms with Crippen molar-refractivity contribution in [2.75, 3.05) is 58.9 Å². The number of quaternary nitrogens is 2. The van der Waals surface area contributed by atoms with E-state index in [0.29, 0.717) is 6.54 Å². The summed E-state index contributed by atoms with van der Waals surface area (Å²) >= 11 is 0. The summed E-state index contributed by atoms with van der Waals surface area (Å²) < 4.78 is 10.7. The third kappa shape index (κ3) is 5.03. The molecule has 0 aromatic heterocycles. The fraction of sp³-hybridized carbons (Fsp3) is 0.409. The van der Waals surface area contributed by atoms with Crippen LogP contribution in [0.4, 0.5) is 5.69 Å². The van der Waals surface area contributed by atoms with E-state index < -0.39 is 0 Å². The molecule has 0 unspecified atom stereocenters. The number of piperazine rings is 1. The van der Waals surface area contributed by atoms with E-state index in [9.17, 15) is 4.79 Å². The summed E-state index contributed by atoms with van der Waals surface area (Å²) in [5.41, 5.74) is 2.20. The number of nitrogens with one attached hydrogen (secondary N) is 2. The molecule has 2 aromatic carbocycles. The summed E-state index contributed by atoms with van der Waals surface area (Å²) in [6, 6.07) is 16.0. The molecule has 28 heavy (non-hydrogen) atoms. The van der Waals surface area contributed by atoms with E-state index in [-0.39, 0.29) is 5.91 Å². The van der Waals surface area contributed by atoms with Gasteiger partial charge in [-0.25, -0.2) is 0 Å². The van der Waals surface area contributed by atoms with Crippen molar-refractivity contribution in [3.8, 4) is 11.5 Å². The number of rotatable bonds is 7. The summed E-state index contributed by atoms with van der Waals surface area (Å²) in [6.45, 7) is 5.66. The average molecular weight is 386 g/mol. The second-order valence-corrected chi connectivity index (χ2v) is 7.33. The van der Waals surface area contributed by atoms with Crippen LogP contribution in [-0.2, 0) is 11.3 Å². The maximum Gasteiger partial charge on any atom is 0.281 e. The molecule has 1 aliphatic heterocycles. The van der Waals surface area contributed by atoms with Gasteiger partial charge >= 0.3 is 0 Å². The van der Waals surface area contributed by atoms with Gasteiger partial charge in [0.2, 0.25) is 0 Å². The number of benzene rings is 2. The van der Waals surface area contributed by atoms with Crippen molar-refractivity contribution in [1.29, 1.82) is 0 Å². The number of hydrogen-bond donors (Lipinski definition) is 2. The number of nitrogens with zero attached hydrogens (tertiary/aromatic N) is 1. The molecule has 2 aromatic rings. The van der Waals surface area contributed by atoms with Gasteiger partial charge in [0.05, 0.1) is 14.2 Å². The van der Waals surface area contributed by atoms with Crippen LogP contribution in [0, 0.1) is 0 Å². The summed E-state index contributed by atoms with van der Waals surface area (Å²) in [5.74, 6) is 1.71. The molecule has 0 bridgehead atoms. The highest BCUT2D eigenvalue weighted by Crippen LogP contribution is 2.27. The van der Waals surface area contributed by atoms with E-state index in [1.54, 1.807) is 24.0 Å². The van der Waals surface area contributed by atoms with Gasteiger partial charge in [-0.05, 0) is 30.3 Å². The number of ether oxygens (including phenoxy) is 2. The molecular weight excluding hydrogens is 354 g/mol. The van der Waals surface area contributed by atoms with Crippen LogP contribution < -0.4 is 24.2 Å². The van der Waals surface area contributed by atoms with Crippen molar-refractivity contribution < 1.29 is 24.1 Å². The lowest BCUT2D eigenvalue weighted by molar-refractivity contribution is -1.02. The van der Waals surface area contributed by atoms with Gasteiger partial charge in [-0.2, -0.15) is 0 Å². The van der Waals surface area contributed by atoms with E-state index in [4.69, 9.17) is 9.47 Å². The molecule has 0 spiro atoms. The van der Waals surface area contributed by atoms with Crippen molar-refractivity contribution >= 4 is 11.6 Å². The molecule has 3 rings (SSSR count). The topological polar surface area (TPSA) is 47.7 Å². The highest BCUT2D eigenvalue weighted by Gasteiger charge is 2.26. The van der Waals surface area contributed by atoms with Crippen molar-refractivity contribution in [1.82, 2.24) is 0 Å². The highest BCUT2D eigenvalue weighted by atomic mass is 16.5. The lowest BCUT2D eigenvalue weighted by Crippen LogP contribution is -3.28. The zero-order valence-corrected chi connectivity index (χ0v) is 17.0. The van der Waals surface area contributed by atoms with E-state index in [1.165, 1.54) is 10.5 Å². The molecular formula is C22H31N3O3+2. The minimum absolute atomic E-state index is 0.171. The second-order valence-electron chi connectivity index (χ2n) is 7.33. The fourth-order valence-electron chi connectivity index (χ4n) is 3.72. The third-order valence-corrected chi connectivity index (χ3v) is 5.49. The zero-order chi connectivity index (χ0) is 19.9. The Morgan fingerprint density at radius 2 is 1.57 bits per heavy atom. The Morgan fingerprint density at radius 3 is 2.21 bits per heavy atom. The van der Waals surface area contributed by atoms with Crippen LogP contribution in [0.5, 0.6) is 11.5 Å². The first-order valence-corrected chi connectivity index (χ1v) is 9.80. The Morgan fingerprint density at radius 1 is 0.929 bits per heavy atom. The molecule has 6 heteroatoms. The average Bonchev–Trinajstić information content (AvgIpc) is 2.75. The van der Waals surface area contributed by atoms with Crippen molar-refractivity contribution in [3.05, 3.63) is 54.1 Å². The van der Waals surface area contributed by atoms with Gasteiger partial charge in [-0.15, -0.1) is 0 Å². The van der Waals surface area contributed by atoms with Gasteiger partial charge < -0.3 is 24.2 Å². The van der Waals surface area contributed by atoms with Crippen LogP contribution in [0.15, 0.2) is 48.5 Å². The molecule has 1 heterocycles. The zero-order valence-electron chi connectivity index (χ0n) is 17.0. The lowest BCUT2D eigenvalue weighted by atomic mass is 10.1. The first kappa shape index (κ1) is 20.2. The molecule has 2 N–H and O–H groups in total. The van der Waals surface area contributed by atoms with E-state index in [2.05, 4.69) is 12.1 Å². The second kappa shape index (κ2) is 9.57. The lowest BCUT2D eigenvalue weighted by Gasteiger charge is -2.30. The van der Waals surface area contributed by atoms with Gasteiger partial charge in [-0.1, -0.05) is 18.2 Å². The molecule has 0 aliphatic carbocycles. The largest absolute Gasteiger partial charge is 0.493 e. The van der Waals surface area contributed by atoms with Gasteiger partial charge in [0.25, 0.3) is 5.91 Å². The maximum atomic E-state index is 12.6. The first-order valence-electron chi connectivity index (χ1n) is 9.80.